The zero-order chi connectivity index (χ0) is 61.9. The molecule has 2 saturated heterocycles. The van der Waals surface area contributed by atoms with E-state index in [-0.39, 0.29) is 80.1 Å². The van der Waals surface area contributed by atoms with Crippen LogP contribution in [0.4, 0.5) is 34.8 Å². The van der Waals surface area contributed by atoms with Crippen molar-refractivity contribution in [3.8, 4) is 23.3 Å². The minimum Gasteiger partial charge on any atom is -0.495 e. The topological polar surface area (TPSA) is 213 Å². The average Bonchev–Trinajstić information content (AvgIpc) is 1.67. The number of nitriles is 1. The lowest BCUT2D eigenvalue weighted by Gasteiger charge is -2.37. The number of amides is 4. The predicted octanol–water partition coefficient (Wildman–Crippen LogP) is 13.0. The van der Waals surface area contributed by atoms with Gasteiger partial charge >= 0.3 is 0 Å². The number of alkyl halides is 2. The van der Waals surface area contributed by atoms with E-state index in [1.165, 1.54) is 67.4 Å². The van der Waals surface area contributed by atoms with Gasteiger partial charge in [0.15, 0.2) is 11.4 Å². The number of oxazole rings is 1. The first-order valence-electron chi connectivity index (χ1n) is 29.6. The van der Waals surface area contributed by atoms with Gasteiger partial charge in [0.2, 0.25) is 17.7 Å². The maximum absolute atomic E-state index is 16.3. The minimum absolute atomic E-state index is 0.0324. The van der Waals surface area contributed by atoms with E-state index in [0.29, 0.717) is 74.1 Å². The molecule has 0 bridgehead atoms. The van der Waals surface area contributed by atoms with Crippen LogP contribution in [0, 0.1) is 46.1 Å². The van der Waals surface area contributed by atoms with Crippen molar-refractivity contribution in [3.63, 3.8) is 0 Å². The molecule has 3 aromatic heterocycles. The van der Waals surface area contributed by atoms with Crippen LogP contribution < -0.4 is 26.0 Å². The number of nitrogens with zero attached hydrogens (tertiary/aromatic N) is 7. The number of carbonyl (C=O) groups is 4. The molecule has 6 aromatic rings. The van der Waals surface area contributed by atoms with Crippen molar-refractivity contribution in [2.75, 3.05) is 56.3 Å². The van der Waals surface area contributed by atoms with E-state index < -0.39 is 64.4 Å². The van der Waals surface area contributed by atoms with Crippen LogP contribution in [0.5, 0.6) is 5.75 Å². The van der Waals surface area contributed by atoms with Gasteiger partial charge in [-0.2, -0.15) is 10.4 Å². The maximum Gasteiger partial charge on any atom is 0.284 e. The molecule has 2 aliphatic carbocycles. The van der Waals surface area contributed by atoms with Crippen LogP contribution in [0.25, 0.3) is 11.5 Å². The third kappa shape index (κ3) is 13.9. The van der Waals surface area contributed by atoms with Gasteiger partial charge in [-0.25, -0.2) is 27.5 Å². The number of carbonyl (C=O) groups excluding carboxylic acids is 4. The summed E-state index contributed by atoms with van der Waals surface area (Å²) in [7, 11) is 3.21. The molecule has 4 N–H and O–H groups in total. The Morgan fingerprint density at radius 3 is 2.39 bits per heavy atom. The van der Waals surface area contributed by atoms with E-state index in [4.69, 9.17) is 32.4 Å². The highest BCUT2D eigenvalue weighted by Gasteiger charge is 2.61. The number of rotatable bonds is 20. The molecule has 0 radical (unpaired) electrons. The number of benzene rings is 3. The van der Waals surface area contributed by atoms with Crippen molar-refractivity contribution in [1.82, 2.24) is 34.9 Å². The van der Waals surface area contributed by atoms with Crippen molar-refractivity contribution >= 4 is 64.0 Å². The summed E-state index contributed by atoms with van der Waals surface area (Å²) in [6.07, 6.45) is 9.24. The van der Waals surface area contributed by atoms with Gasteiger partial charge in [-0.15, -0.1) is 0 Å². The second-order valence-electron chi connectivity index (χ2n) is 24.7. The summed E-state index contributed by atoms with van der Waals surface area (Å²) in [6.45, 7) is 8.25. The molecular weight excluding hydrogens is 1170 g/mol. The molecule has 4 amide bonds. The number of ether oxygens (including phenoxy) is 1. The fourth-order valence-electron chi connectivity index (χ4n) is 12.7. The number of anilines is 3. The minimum atomic E-state index is -2.95. The van der Waals surface area contributed by atoms with Crippen LogP contribution in [0.2, 0.25) is 10.0 Å². The SMILES string of the molecule is COc1cc(C(=O)N2CCC(CCCN(C)C(=O)C3CCC(n4cc(NC(=O)c5coc(-c6ccnc(NCC7CC7)c6)n5)c(C(F)F)n4)CC3)CC2)ccc1NC(=O)[C@@H]1N[C@@H](CC(C)(C)C)[C@](C#N)(c2ccc(Cl)cc2F)[C@H]1c1cccc(Cl)c1F. The number of methoxy groups -OCH3 is 1. The highest BCUT2D eigenvalue weighted by molar-refractivity contribution is 6.31. The first-order chi connectivity index (χ1) is 41.6. The molecule has 460 valence electrons. The number of aromatic nitrogens is 4. The summed E-state index contributed by atoms with van der Waals surface area (Å²) in [5.41, 5.74) is -1.99. The van der Waals surface area contributed by atoms with Crippen LogP contribution in [0.3, 0.4) is 0 Å². The van der Waals surface area contributed by atoms with Crippen LogP contribution in [-0.2, 0) is 15.0 Å². The highest BCUT2D eigenvalue weighted by atomic mass is 35.5. The normalized spacial score (nSPS) is 21.6. The predicted molar refractivity (Wildman–Crippen MR) is 322 cm³/mol. The molecule has 87 heavy (non-hydrogen) atoms. The van der Waals surface area contributed by atoms with Gasteiger partial charge in [0.1, 0.15) is 34.9 Å². The summed E-state index contributed by atoms with van der Waals surface area (Å²) in [5.74, 6) is -2.71. The third-order valence-corrected chi connectivity index (χ3v) is 18.0. The van der Waals surface area contributed by atoms with Gasteiger partial charge in [-0.1, -0.05) is 62.2 Å². The summed E-state index contributed by atoms with van der Waals surface area (Å²) in [5, 5.41) is 27.4. The first-order valence-corrected chi connectivity index (χ1v) is 30.3. The molecular formula is C64H71Cl2F4N11O6. The molecule has 2 aliphatic heterocycles. The molecule has 4 fully saturated rings. The van der Waals surface area contributed by atoms with E-state index >= 15 is 8.78 Å². The van der Waals surface area contributed by atoms with Gasteiger partial charge in [-0.3, -0.25) is 23.9 Å². The van der Waals surface area contributed by atoms with Gasteiger partial charge in [0.25, 0.3) is 18.2 Å². The van der Waals surface area contributed by atoms with Gasteiger partial charge in [-0.05, 0) is 142 Å². The van der Waals surface area contributed by atoms with Gasteiger partial charge < -0.3 is 40.2 Å². The molecule has 5 heterocycles. The lowest BCUT2D eigenvalue weighted by atomic mass is 9.62. The Morgan fingerprint density at radius 2 is 1.70 bits per heavy atom. The maximum atomic E-state index is 16.3. The largest absolute Gasteiger partial charge is 0.495 e. The van der Waals surface area contributed by atoms with Gasteiger partial charge in [0.05, 0.1) is 41.7 Å². The Bertz CT molecular complexity index is 3550. The number of pyridine rings is 1. The Kier molecular flexibility index (Phi) is 19.0. The molecule has 10 rings (SSSR count). The molecule has 2 saturated carbocycles. The molecule has 0 spiro atoms. The third-order valence-electron chi connectivity index (χ3n) is 17.5. The fourth-order valence-corrected chi connectivity index (χ4v) is 13.0. The summed E-state index contributed by atoms with van der Waals surface area (Å²) in [4.78, 5) is 67.9. The zero-order valence-corrected chi connectivity index (χ0v) is 50.7. The monoisotopic (exact) mass is 1240 g/mol. The molecule has 3 aromatic carbocycles. The average molecular weight is 1240 g/mol. The number of hydrogen-bond donors (Lipinski definition) is 4. The molecule has 23 heteroatoms. The summed E-state index contributed by atoms with van der Waals surface area (Å²) < 4.78 is 73.9. The summed E-state index contributed by atoms with van der Waals surface area (Å²) >= 11 is 12.5. The molecule has 4 atom stereocenters. The standard InChI is InChI=1S/C64H71Cl2F4N11O6/c1-63(2,3)31-51-64(35-71,44-19-16-41(65)30-46(44)67)53(43-9-6-10-45(66)54(43)68)56(77-51)59(83)74-47-20-15-40(28-50(47)86-5)62(85)80-26-22-36(23-27-80)8-7-25-79(4)61(84)38-13-17-42(18-14-38)81-33-48(55(78-81)57(69)70)75-58(82)49-34-87-60(76-49)39-21-24-72-52(29-39)73-32-37-11-12-37/h6,9-10,15-16,19-21,24,28-30,33-34,36-38,42,51,53,56-57,77H,7-8,11-14,17-18,22-23,25-27,31-32H2,1-5H3,(H,72,73)(H,74,83)(H,75,82)/t38?,42?,51-,53-,56+,64-/m0/s1. The second kappa shape index (κ2) is 26.4. The number of hydrogen-bond acceptors (Lipinski definition) is 12. The lowest BCUT2D eigenvalue weighted by molar-refractivity contribution is -0.135. The van der Waals surface area contributed by atoms with E-state index in [0.717, 1.165) is 38.3 Å². The van der Waals surface area contributed by atoms with Crippen molar-refractivity contribution in [3.05, 3.63) is 135 Å². The number of nitrogens with one attached hydrogen (secondary N) is 4. The van der Waals surface area contributed by atoms with Crippen LogP contribution in [-0.4, -0.2) is 106 Å². The van der Waals surface area contributed by atoms with E-state index in [1.54, 1.807) is 53.4 Å². The number of halogens is 6. The van der Waals surface area contributed by atoms with Crippen molar-refractivity contribution in [1.29, 1.82) is 5.26 Å². The van der Waals surface area contributed by atoms with Crippen molar-refractivity contribution in [2.45, 2.75) is 127 Å². The Hall–Kier alpha value is -7.54. The lowest BCUT2D eigenvalue weighted by Crippen LogP contribution is -2.45. The second-order valence-corrected chi connectivity index (χ2v) is 25.5. The van der Waals surface area contributed by atoms with E-state index in [2.05, 4.69) is 42.4 Å². The quantitative estimate of drug-likeness (QED) is 0.0526. The fraction of sp³-hybridized carbons (Fsp3) is 0.469. The van der Waals surface area contributed by atoms with E-state index in [1.807, 2.05) is 20.8 Å². The number of piperidine rings is 1. The number of likely N-dealkylation sites (tertiary alicyclic amines) is 1. The zero-order valence-electron chi connectivity index (χ0n) is 49.2. The van der Waals surface area contributed by atoms with Crippen LogP contribution in [0.1, 0.15) is 147 Å². The highest BCUT2D eigenvalue weighted by Crippen LogP contribution is 2.53. The first kappa shape index (κ1) is 62.5. The van der Waals surface area contributed by atoms with E-state index in [9.17, 15) is 33.2 Å². The molecule has 0 unspecified atom stereocenters. The van der Waals surface area contributed by atoms with Crippen LogP contribution >= 0.6 is 23.2 Å². The molecule has 4 aliphatic rings. The Labute approximate surface area is 512 Å². The van der Waals surface area contributed by atoms with Crippen molar-refractivity contribution in [2.24, 2.45) is 23.2 Å². The Balaban J connectivity index is 0.699. The van der Waals surface area contributed by atoms with Crippen LogP contribution in [0.15, 0.2) is 89.8 Å². The molecule has 17 nitrogen and oxygen atoms in total. The van der Waals surface area contributed by atoms with Gasteiger partial charge in [0, 0.05) is 85.2 Å². The summed E-state index contributed by atoms with van der Waals surface area (Å²) in [6, 6.07) is 16.4. The van der Waals surface area contributed by atoms with Crippen molar-refractivity contribution < 1.29 is 45.9 Å². The smallest absolute Gasteiger partial charge is 0.284 e. The Morgan fingerprint density at radius 1 is 0.943 bits per heavy atom.